The molecule has 0 N–H and O–H groups in total. The lowest BCUT2D eigenvalue weighted by Gasteiger charge is -2.44. The van der Waals surface area contributed by atoms with E-state index >= 15 is 0 Å². The summed E-state index contributed by atoms with van der Waals surface area (Å²) < 4.78 is 16.5. The Labute approximate surface area is 171 Å². The van der Waals surface area contributed by atoms with E-state index in [4.69, 9.17) is 14.2 Å². The quantitative estimate of drug-likeness (QED) is 0.713. The van der Waals surface area contributed by atoms with Gasteiger partial charge in [0.2, 0.25) is 0 Å². The summed E-state index contributed by atoms with van der Waals surface area (Å²) in [5.41, 5.74) is 3.34. The summed E-state index contributed by atoms with van der Waals surface area (Å²) in [6.45, 7) is 0.305. The van der Waals surface area contributed by atoms with E-state index in [2.05, 4.69) is 6.08 Å². The van der Waals surface area contributed by atoms with Crippen LogP contribution in [0.4, 0.5) is 4.79 Å². The number of piperidine rings is 1. The fourth-order valence-electron chi connectivity index (χ4n) is 4.31. The van der Waals surface area contributed by atoms with Gasteiger partial charge in [0.25, 0.3) is 0 Å². The highest BCUT2D eigenvalue weighted by Gasteiger charge is 2.38. The Morgan fingerprint density at radius 2 is 1.76 bits per heavy atom. The number of nitrogens with zero attached hydrogens (tertiary/aromatic N) is 1. The largest absolute Gasteiger partial charge is 0.497 e. The Kier molecular flexibility index (Phi) is 5.74. The standard InChI is InChI=1S/C24H27NO4/c1-27-22-13-19(14-23(15-22)28-2)18-11-20-9-6-10-21(12-18)25(20)24(26)29-16-17-7-4-3-5-8-17/h3-5,7-8,11,13-15,20-21H,6,9-10,12,16H2,1-2H3. The minimum Gasteiger partial charge on any atom is -0.497 e. The number of hydrogen-bond donors (Lipinski definition) is 0. The number of fused-ring (bicyclic) bond motifs is 2. The molecule has 2 aromatic rings. The van der Waals surface area contributed by atoms with Crippen LogP contribution in [0.2, 0.25) is 0 Å². The Hall–Kier alpha value is -2.95. The van der Waals surface area contributed by atoms with Crippen LogP contribution in [0.5, 0.6) is 11.5 Å². The van der Waals surface area contributed by atoms with Gasteiger partial charge in [0, 0.05) is 12.1 Å². The molecule has 2 heterocycles. The summed E-state index contributed by atoms with van der Waals surface area (Å²) in [7, 11) is 3.32. The molecule has 152 valence electrons. The average Bonchev–Trinajstić information content (AvgIpc) is 2.76. The van der Waals surface area contributed by atoms with Gasteiger partial charge in [0.15, 0.2) is 0 Å². The van der Waals surface area contributed by atoms with E-state index in [9.17, 15) is 4.79 Å². The SMILES string of the molecule is COc1cc(OC)cc(C2=CC3CCCC(C2)N3C(=O)OCc2ccccc2)c1. The number of carbonyl (C=O) groups is 1. The first-order valence-electron chi connectivity index (χ1n) is 10.1. The second-order valence-electron chi connectivity index (χ2n) is 7.60. The van der Waals surface area contributed by atoms with Crippen LogP contribution in [0.1, 0.15) is 36.8 Å². The van der Waals surface area contributed by atoms with Crippen LogP contribution in [-0.4, -0.2) is 37.3 Å². The second-order valence-corrected chi connectivity index (χ2v) is 7.60. The maximum Gasteiger partial charge on any atom is 0.410 e. The van der Waals surface area contributed by atoms with Crippen molar-refractivity contribution >= 4 is 11.7 Å². The predicted molar refractivity (Wildman–Crippen MR) is 112 cm³/mol. The lowest BCUT2D eigenvalue weighted by atomic mass is 9.83. The highest BCUT2D eigenvalue weighted by molar-refractivity contribution is 5.75. The third kappa shape index (κ3) is 4.24. The average molecular weight is 393 g/mol. The van der Waals surface area contributed by atoms with Gasteiger partial charge in [-0.3, -0.25) is 4.90 Å². The van der Waals surface area contributed by atoms with Crippen molar-refractivity contribution in [2.24, 2.45) is 0 Å². The minimum atomic E-state index is -0.220. The van der Waals surface area contributed by atoms with Crippen molar-refractivity contribution in [2.45, 2.75) is 44.4 Å². The molecule has 2 atom stereocenters. The lowest BCUT2D eigenvalue weighted by molar-refractivity contribution is 0.0510. The number of methoxy groups -OCH3 is 2. The third-order valence-corrected chi connectivity index (χ3v) is 5.78. The number of benzene rings is 2. The van der Waals surface area contributed by atoms with Crippen molar-refractivity contribution in [1.82, 2.24) is 4.90 Å². The topological polar surface area (TPSA) is 48.0 Å². The summed E-state index contributed by atoms with van der Waals surface area (Å²) in [4.78, 5) is 14.8. The van der Waals surface area contributed by atoms with Gasteiger partial charge in [-0.25, -0.2) is 4.79 Å². The molecule has 2 aromatic carbocycles. The number of amides is 1. The molecule has 29 heavy (non-hydrogen) atoms. The van der Waals surface area contributed by atoms with Gasteiger partial charge in [-0.05, 0) is 54.5 Å². The molecule has 1 saturated heterocycles. The Morgan fingerprint density at radius 3 is 2.41 bits per heavy atom. The predicted octanol–water partition coefficient (Wildman–Crippen LogP) is 5.05. The molecule has 4 rings (SSSR count). The van der Waals surface area contributed by atoms with Crippen molar-refractivity contribution in [2.75, 3.05) is 14.2 Å². The van der Waals surface area contributed by atoms with E-state index in [1.54, 1.807) is 14.2 Å². The highest BCUT2D eigenvalue weighted by Crippen LogP contribution is 2.39. The Morgan fingerprint density at radius 1 is 1.03 bits per heavy atom. The molecule has 2 unspecified atom stereocenters. The maximum absolute atomic E-state index is 12.9. The summed E-state index contributed by atoms with van der Waals surface area (Å²) in [6, 6.07) is 16.0. The first kappa shape index (κ1) is 19.4. The smallest absolute Gasteiger partial charge is 0.410 e. The zero-order valence-electron chi connectivity index (χ0n) is 17.0. The normalized spacial score (nSPS) is 20.6. The molecule has 2 aliphatic rings. The van der Waals surface area contributed by atoms with Crippen LogP contribution in [0, 0.1) is 0 Å². The van der Waals surface area contributed by atoms with Crippen molar-refractivity contribution in [3.63, 3.8) is 0 Å². The molecule has 5 nitrogen and oxygen atoms in total. The van der Waals surface area contributed by atoms with Gasteiger partial charge in [-0.1, -0.05) is 36.4 Å². The number of rotatable bonds is 5. The molecule has 0 radical (unpaired) electrons. The summed E-state index contributed by atoms with van der Waals surface area (Å²) in [6.07, 6.45) is 5.89. The van der Waals surface area contributed by atoms with E-state index in [1.165, 1.54) is 5.57 Å². The van der Waals surface area contributed by atoms with Gasteiger partial charge < -0.3 is 14.2 Å². The summed E-state index contributed by atoms with van der Waals surface area (Å²) >= 11 is 0. The number of hydrogen-bond acceptors (Lipinski definition) is 4. The van der Waals surface area contributed by atoms with E-state index < -0.39 is 0 Å². The van der Waals surface area contributed by atoms with Crippen molar-refractivity contribution in [1.29, 1.82) is 0 Å². The number of carbonyl (C=O) groups excluding carboxylic acids is 1. The first-order chi connectivity index (χ1) is 14.2. The van der Waals surface area contributed by atoms with Crippen molar-refractivity contribution in [3.8, 4) is 11.5 Å². The molecule has 5 heteroatoms. The zero-order valence-corrected chi connectivity index (χ0v) is 17.0. The van der Waals surface area contributed by atoms with Crippen molar-refractivity contribution < 1.29 is 19.0 Å². The molecular weight excluding hydrogens is 366 g/mol. The molecule has 0 aromatic heterocycles. The van der Waals surface area contributed by atoms with Crippen LogP contribution in [0.15, 0.2) is 54.6 Å². The molecule has 0 saturated carbocycles. The fourth-order valence-corrected chi connectivity index (χ4v) is 4.31. The van der Waals surface area contributed by atoms with Crippen LogP contribution >= 0.6 is 0 Å². The van der Waals surface area contributed by atoms with E-state index in [0.29, 0.717) is 6.61 Å². The van der Waals surface area contributed by atoms with Crippen LogP contribution in [0.3, 0.4) is 0 Å². The highest BCUT2D eigenvalue weighted by atomic mass is 16.6. The third-order valence-electron chi connectivity index (χ3n) is 5.78. The first-order valence-corrected chi connectivity index (χ1v) is 10.1. The van der Waals surface area contributed by atoms with Gasteiger partial charge in [0.1, 0.15) is 18.1 Å². The lowest BCUT2D eigenvalue weighted by Crippen LogP contribution is -2.51. The van der Waals surface area contributed by atoms with Gasteiger partial charge in [0.05, 0.1) is 20.3 Å². The summed E-state index contributed by atoms with van der Waals surface area (Å²) in [5.74, 6) is 1.55. The Balaban J connectivity index is 1.53. The molecule has 1 amide bonds. The molecule has 0 aliphatic carbocycles. The van der Waals surface area contributed by atoms with E-state index in [1.807, 2.05) is 53.4 Å². The number of ether oxygens (including phenoxy) is 3. The molecule has 0 spiro atoms. The van der Waals surface area contributed by atoms with Gasteiger partial charge in [-0.2, -0.15) is 0 Å². The van der Waals surface area contributed by atoms with Crippen LogP contribution < -0.4 is 9.47 Å². The maximum atomic E-state index is 12.9. The fraction of sp³-hybridized carbons (Fsp3) is 0.375. The molecule has 2 bridgehead atoms. The molecule has 1 fully saturated rings. The van der Waals surface area contributed by atoms with E-state index in [0.717, 1.165) is 48.3 Å². The van der Waals surface area contributed by atoms with Crippen LogP contribution in [-0.2, 0) is 11.3 Å². The van der Waals surface area contributed by atoms with E-state index in [-0.39, 0.29) is 18.2 Å². The summed E-state index contributed by atoms with van der Waals surface area (Å²) in [5, 5.41) is 0. The molecular formula is C24H27NO4. The minimum absolute atomic E-state index is 0.0676. The van der Waals surface area contributed by atoms with Crippen LogP contribution in [0.25, 0.3) is 5.57 Å². The Bertz CT molecular complexity index is 871. The second kappa shape index (κ2) is 8.60. The zero-order chi connectivity index (χ0) is 20.2. The molecule has 2 aliphatic heterocycles. The monoisotopic (exact) mass is 393 g/mol. The van der Waals surface area contributed by atoms with Crippen molar-refractivity contribution in [3.05, 3.63) is 65.7 Å². The van der Waals surface area contributed by atoms with Gasteiger partial charge >= 0.3 is 6.09 Å². The van der Waals surface area contributed by atoms with Gasteiger partial charge in [-0.15, -0.1) is 0 Å².